The number of hydrogen-bond donors (Lipinski definition) is 2. The molecule has 138 valence electrons. The standard InChI is InChI=1S/C21H25ClN2OS/c1-15-13-19(11-12-23-15)24-20(25)14-26-21(16-5-3-2-4-6-16)17-7-9-18(22)10-8-17/h2-10,15,19,21,23H,11-14H2,1H3,(H,24,25). The van der Waals surface area contributed by atoms with E-state index in [1.54, 1.807) is 11.8 Å². The molecule has 0 radical (unpaired) electrons. The summed E-state index contributed by atoms with van der Waals surface area (Å²) in [5.41, 5.74) is 2.36. The lowest BCUT2D eigenvalue weighted by atomic mass is 10.0. The second-order valence-corrected chi connectivity index (χ2v) is 8.33. The van der Waals surface area contributed by atoms with Crippen LogP contribution in [0.4, 0.5) is 0 Å². The quantitative estimate of drug-likeness (QED) is 0.769. The van der Waals surface area contributed by atoms with Crippen molar-refractivity contribution in [3.63, 3.8) is 0 Å². The summed E-state index contributed by atoms with van der Waals surface area (Å²) in [6, 6.07) is 18.9. The van der Waals surface area contributed by atoms with E-state index in [4.69, 9.17) is 11.6 Å². The third kappa shape index (κ3) is 5.50. The Kier molecular flexibility index (Phi) is 7.00. The van der Waals surface area contributed by atoms with Crippen molar-refractivity contribution in [3.8, 4) is 0 Å². The fraction of sp³-hybridized carbons (Fsp3) is 0.381. The molecule has 3 nitrogen and oxygen atoms in total. The molecule has 1 amide bonds. The van der Waals surface area contributed by atoms with Gasteiger partial charge in [-0.05, 0) is 49.6 Å². The highest BCUT2D eigenvalue weighted by atomic mass is 35.5. The maximum Gasteiger partial charge on any atom is 0.230 e. The van der Waals surface area contributed by atoms with E-state index in [0.29, 0.717) is 11.8 Å². The van der Waals surface area contributed by atoms with E-state index in [9.17, 15) is 4.79 Å². The first-order valence-electron chi connectivity index (χ1n) is 9.06. The van der Waals surface area contributed by atoms with Gasteiger partial charge in [0.2, 0.25) is 5.91 Å². The van der Waals surface area contributed by atoms with Gasteiger partial charge < -0.3 is 10.6 Å². The summed E-state index contributed by atoms with van der Waals surface area (Å²) >= 11 is 7.69. The minimum atomic E-state index is 0.115. The van der Waals surface area contributed by atoms with E-state index >= 15 is 0 Å². The molecule has 5 heteroatoms. The Morgan fingerprint density at radius 2 is 1.88 bits per heavy atom. The highest BCUT2D eigenvalue weighted by Crippen LogP contribution is 2.35. The van der Waals surface area contributed by atoms with Gasteiger partial charge in [0.15, 0.2) is 0 Å². The second-order valence-electron chi connectivity index (χ2n) is 6.80. The predicted octanol–water partition coefficient (Wildman–Crippen LogP) is 4.42. The first kappa shape index (κ1) is 19.3. The molecule has 2 N–H and O–H groups in total. The molecule has 2 aromatic carbocycles. The number of amides is 1. The Morgan fingerprint density at radius 1 is 1.19 bits per heavy atom. The van der Waals surface area contributed by atoms with Gasteiger partial charge in [0, 0.05) is 17.1 Å². The second kappa shape index (κ2) is 9.45. The lowest BCUT2D eigenvalue weighted by Crippen LogP contribution is -2.47. The lowest BCUT2D eigenvalue weighted by Gasteiger charge is -2.28. The molecular weight excluding hydrogens is 364 g/mol. The molecule has 0 saturated carbocycles. The van der Waals surface area contributed by atoms with E-state index in [0.717, 1.165) is 30.0 Å². The molecule has 0 aromatic heterocycles. The maximum absolute atomic E-state index is 12.5. The van der Waals surface area contributed by atoms with E-state index in [2.05, 4.69) is 29.7 Å². The van der Waals surface area contributed by atoms with Crippen LogP contribution in [-0.4, -0.2) is 30.3 Å². The van der Waals surface area contributed by atoms with Crippen LogP contribution in [0.25, 0.3) is 0 Å². The number of thioether (sulfide) groups is 1. The summed E-state index contributed by atoms with van der Waals surface area (Å²) in [4.78, 5) is 12.5. The first-order valence-corrected chi connectivity index (χ1v) is 10.5. The number of carbonyl (C=O) groups is 1. The zero-order chi connectivity index (χ0) is 18.4. The average Bonchev–Trinajstić information content (AvgIpc) is 2.64. The van der Waals surface area contributed by atoms with Crippen molar-refractivity contribution in [1.29, 1.82) is 0 Å². The molecule has 1 saturated heterocycles. The molecular formula is C21H25ClN2OS. The Hall–Kier alpha value is -1.49. The molecule has 2 aromatic rings. The first-order chi connectivity index (χ1) is 12.6. The van der Waals surface area contributed by atoms with Crippen LogP contribution in [0.3, 0.4) is 0 Å². The van der Waals surface area contributed by atoms with Crippen molar-refractivity contribution in [3.05, 3.63) is 70.7 Å². The highest BCUT2D eigenvalue weighted by molar-refractivity contribution is 8.00. The van der Waals surface area contributed by atoms with Gasteiger partial charge in [0.25, 0.3) is 0 Å². The van der Waals surface area contributed by atoms with Gasteiger partial charge in [0.1, 0.15) is 0 Å². The van der Waals surface area contributed by atoms with Crippen molar-refractivity contribution >= 4 is 29.3 Å². The minimum absolute atomic E-state index is 0.115. The Morgan fingerprint density at radius 3 is 2.58 bits per heavy atom. The van der Waals surface area contributed by atoms with Crippen LogP contribution >= 0.6 is 23.4 Å². The molecule has 3 rings (SSSR count). The van der Waals surface area contributed by atoms with E-state index < -0.39 is 0 Å². The maximum atomic E-state index is 12.5. The molecule has 1 fully saturated rings. The van der Waals surface area contributed by atoms with Crippen LogP contribution in [0.2, 0.25) is 5.02 Å². The Balaban J connectivity index is 1.64. The fourth-order valence-electron chi connectivity index (χ4n) is 3.34. The fourth-order valence-corrected chi connectivity index (χ4v) is 4.57. The van der Waals surface area contributed by atoms with Crippen LogP contribution in [0.5, 0.6) is 0 Å². The van der Waals surface area contributed by atoms with Crippen molar-refractivity contribution in [2.75, 3.05) is 12.3 Å². The van der Waals surface area contributed by atoms with E-state index in [1.807, 2.05) is 42.5 Å². The topological polar surface area (TPSA) is 41.1 Å². The van der Waals surface area contributed by atoms with Crippen LogP contribution in [-0.2, 0) is 4.79 Å². The summed E-state index contributed by atoms with van der Waals surface area (Å²) in [6.07, 6.45) is 2.00. The minimum Gasteiger partial charge on any atom is -0.353 e. The molecule has 3 unspecified atom stereocenters. The molecule has 0 aliphatic carbocycles. The largest absolute Gasteiger partial charge is 0.353 e. The third-order valence-corrected chi connectivity index (χ3v) is 6.20. The number of halogens is 1. The number of piperidine rings is 1. The number of rotatable bonds is 6. The summed E-state index contributed by atoms with van der Waals surface area (Å²) in [5.74, 6) is 0.560. The molecule has 26 heavy (non-hydrogen) atoms. The van der Waals surface area contributed by atoms with Gasteiger partial charge in [-0.15, -0.1) is 11.8 Å². The molecule has 1 heterocycles. The monoisotopic (exact) mass is 388 g/mol. The van der Waals surface area contributed by atoms with Crippen molar-refractivity contribution in [2.24, 2.45) is 0 Å². The van der Waals surface area contributed by atoms with Gasteiger partial charge in [-0.1, -0.05) is 54.1 Å². The number of benzene rings is 2. The zero-order valence-electron chi connectivity index (χ0n) is 15.0. The molecule has 0 bridgehead atoms. The van der Waals surface area contributed by atoms with Crippen LogP contribution < -0.4 is 10.6 Å². The van der Waals surface area contributed by atoms with Crippen molar-refractivity contribution in [2.45, 2.75) is 37.1 Å². The van der Waals surface area contributed by atoms with Crippen LogP contribution in [0.15, 0.2) is 54.6 Å². The van der Waals surface area contributed by atoms with E-state index in [-0.39, 0.29) is 17.2 Å². The predicted molar refractivity (Wildman–Crippen MR) is 111 cm³/mol. The molecule has 1 aliphatic rings. The smallest absolute Gasteiger partial charge is 0.230 e. The molecule has 3 atom stereocenters. The van der Waals surface area contributed by atoms with Crippen LogP contribution in [0.1, 0.15) is 36.1 Å². The zero-order valence-corrected chi connectivity index (χ0v) is 16.5. The summed E-state index contributed by atoms with van der Waals surface area (Å²) in [7, 11) is 0. The molecule has 1 aliphatic heterocycles. The van der Waals surface area contributed by atoms with Gasteiger partial charge in [-0.25, -0.2) is 0 Å². The number of hydrogen-bond acceptors (Lipinski definition) is 3. The van der Waals surface area contributed by atoms with Gasteiger partial charge in [-0.2, -0.15) is 0 Å². The van der Waals surface area contributed by atoms with Crippen molar-refractivity contribution < 1.29 is 4.79 Å². The van der Waals surface area contributed by atoms with Gasteiger partial charge >= 0.3 is 0 Å². The van der Waals surface area contributed by atoms with Gasteiger partial charge in [-0.3, -0.25) is 4.79 Å². The van der Waals surface area contributed by atoms with E-state index in [1.165, 1.54) is 5.56 Å². The van der Waals surface area contributed by atoms with Gasteiger partial charge in [0.05, 0.1) is 11.0 Å². The Bertz CT molecular complexity index is 708. The highest BCUT2D eigenvalue weighted by Gasteiger charge is 2.21. The summed E-state index contributed by atoms with van der Waals surface area (Å²) in [6.45, 7) is 3.13. The lowest BCUT2D eigenvalue weighted by molar-refractivity contribution is -0.119. The molecule has 0 spiro atoms. The normalized spacial score (nSPS) is 21.2. The number of nitrogens with one attached hydrogen (secondary N) is 2. The summed E-state index contributed by atoms with van der Waals surface area (Å²) in [5, 5.41) is 7.45. The van der Waals surface area contributed by atoms with Crippen molar-refractivity contribution in [1.82, 2.24) is 10.6 Å². The third-order valence-electron chi connectivity index (χ3n) is 4.64. The van der Waals surface area contributed by atoms with Crippen LogP contribution in [0, 0.1) is 0 Å². The average molecular weight is 389 g/mol. The number of carbonyl (C=O) groups excluding carboxylic acids is 1. The summed E-state index contributed by atoms with van der Waals surface area (Å²) < 4.78 is 0. The Labute approximate surface area is 164 Å². The SMILES string of the molecule is CC1CC(NC(=O)CSC(c2ccccc2)c2ccc(Cl)cc2)CCN1.